The molecule has 1 aromatic carbocycles. The molecule has 2 fully saturated rings. The van der Waals surface area contributed by atoms with Crippen LogP contribution in [0, 0.1) is 0 Å². The molecule has 1 aliphatic carbocycles. The number of ether oxygens (including phenoxy) is 2. The number of guanidine groups is 1. The summed E-state index contributed by atoms with van der Waals surface area (Å²) in [6, 6.07) is 5.22. The number of halogens is 2. The summed E-state index contributed by atoms with van der Waals surface area (Å²) >= 11 is 6.40. The molecular formula is C20H30ClIN4O2. The molecular weight excluding hydrogens is 491 g/mol. The molecule has 0 spiro atoms. The average molecular weight is 521 g/mol. The third-order valence-corrected chi connectivity index (χ3v) is 5.53. The summed E-state index contributed by atoms with van der Waals surface area (Å²) < 4.78 is 11.5. The number of fused-ring (bicyclic) bond motifs is 1. The molecule has 2 aliphatic heterocycles. The number of rotatable bonds is 5. The van der Waals surface area contributed by atoms with Crippen LogP contribution in [0.4, 0.5) is 0 Å². The summed E-state index contributed by atoms with van der Waals surface area (Å²) in [7, 11) is 0. The van der Waals surface area contributed by atoms with Crippen molar-refractivity contribution in [2.75, 3.05) is 32.8 Å². The van der Waals surface area contributed by atoms with E-state index in [1.54, 1.807) is 0 Å². The standard InChI is InChI=1S/C20H29ClN4O2.HI/c1-2-22-20(24-15-6-7-25(13-15)16-4-5-16)23-12-14-10-17(21)19-18(11-14)26-8-3-9-27-19;/h10-11,15-16H,2-9,12-13H2,1H3,(H2,22,23,24);1H. The molecule has 4 rings (SSSR count). The quantitative estimate of drug-likeness (QED) is 0.354. The Kier molecular flexibility index (Phi) is 7.93. The van der Waals surface area contributed by atoms with Crippen molar-refractivity contribution >= 4 is 41.5 Å². The predicted molar refractivity (Wildman–Crippen MR) is 123 cm³/mol. The molecule has 0 amide bonds. The van der Waals surface area contributed by atoms with E-state index in [2.05, 4.69) is 22.5 Å². The van der Waals surface area contributed by atoms with Crippen molar-refractivity contribution in [3.05, 3.63) is 22.7 Å². The number of hydrogen-bond donors (Lipinski definition) is 2. The zero-order valence-corrected chi connectivity index (χ0v) is 19.5. The van der Waals surface area contributed by atoms with Crippen molar-refractivity contribution in [2.24, 2.45) is 4.99 Å². The van der Waals surface area contributed by atoms with Crippen LogP contribution in [0.15, 0.2) is 17.1 Å². The van der Waals surface area contributed by atoms with Gasteiger partial charge < -0.3 is 20.1 Å². The molecule has 2 heterocycles. The Morgan fingerprint density at radius 2 is 2.07 bits per heavy atom. The van der Waals surface area contributed by atoms with Crippen molar-refractivity contribution in [3.8, 4) is 11.5 Å². The maximum Gasteiger partial charge on any atom is 0.191 e. The summed E-state index contributed by atoms with van der Waals surface area (Å²) in [5.41, 5.74) is 1.02. The summed E-state index contributed by atoms with van der Waals surface area (Å²) in [5.74, 6) is 2.24. The van der Waals surface area contributed by atoms with Gasteiger partial charge in [0, 0.05) is 38.1 Å². The normalized spacial score (nSPS) is 22.4. The van der Waals surface area contributed by atoms with Gasteiger partial charge in [0.25, 0.3) is 0 Å². The van der Waals surface area contributed by atoms with Gasteiger partial charge in [-0.15, -0.1) is 24.0 Å². The fourth-order valence-corrected chi connectivity index (χ4v) is 4.02. The lowest BCUT2D eigenvalue weighted by atomic mass is 10.2. The maximum atomic E-state index is 6.40. The highest BCUT2D eigenvalue weighted by Gasteiger charge is 2.34. The molecule has 6 nitrogen and oxygen atoms in total. The molecule has 156 valence electrons. The highest BCUT2D eigenvalue weighted by atomic mass is 127. The van der Waals surface area contributed by atoms with Crippen LogP contribution >= 0.6 is 35.6 Å². The summed E-state index contributed by atoms with van der Waals surface area (Å²) in [6.07, 6.45) is 4.78. The molecule has 1 saturated heterocycles. The first kappa shape index (κ1) is 21.8. The minimum absolute atomic E-state index is 0. The van der Waals surface area contributed by atoms with Crippen molar-refractivity contribution in [3.63, 3.8) is 0 Å². The zero-order chi connectivity index (χ0) is 18.6. The largest absolute Gasteiger partial charge is 0.489 e. The average Bonchev–Trinajstić information content (AvgIpc) is 3.44. The van der Waals surface area contributed by atoms with Crippen molar-refractivity contribution in [2.45, 2.75) is 51.2 Å². The lowest BCUT2D eigenvalue weighted by Crippen LogP contribution is -2.44. The van der Waals surface area contributed by atoms with Crippen LogP contribution in [0.3, 0.4) is 0 Å². The lowest BCUT2D eigenvalue weighted by Gasteiger charge is -2.18. The molecule has 2 N–H and O–H groups in total. The van der Waals surface area contributed by atoms with Crippen molar-refractivity contribution in [1.29, 1.82) is 0 Å². The maximum absolute atomic E-state index is 6.40. The van der Waals surface area contributed by atoms with Crippen LogP contribution in [-0.2, 0) is 6.54 Å². The van der Waals surface area contributed by atoms with Crippen LogP contribution in [0.25, 0.3) is 0 Å². The third kappa shape index (κ3) is 5.57. The van der Waals surface area contributed by atoms with Gasteiger partial charge in [0.05, 0.1) is 24.8 Å². The summed E-state index contributed by atoms with van der Waals surface area (Å²) in [5, 5.41) is 7.54. The second kappa shape index (κ2) is 10.2. The monoisotopic (exact) mass is 520 g/mol. The fourth-order valence-electron chi connectivity index (χ4n) is 3.74. The number of nitrogens with zero attached hydrogens (tertiary/aromatic N) is 2. The van der Waals surface area contributed by atoms with E-state index in [1.807, 2.05) is 12.1 Å². The van der Waals surface area contributed by atoms with E-state index in [4.69, 9.17) is 26.1 Å². The van der Waals surface area contributed by atoms with Crippen LogP contribution in [0.5, 0.6) is 11.5 Å². The smallest absolute Gasteiger partial charge is 0.191 e. The van der Waals surface area contributed by atoms with Gasteiger partial charge in [-0.1, -0.05) is 11.6 Å². The third-order valence-electron chi connectivity index (χ3n) is 5.25. The number of hydrogen-bond acceptors (Lipinski definition) is 4. The van der Waals surface area contributed by atoms with Gasteiger partial charge in [0.1, 0.15) is 0 Å². The first-order chi connectivity index (χ1) is 13.2. The first-order valence-electron chi connectivity index (χ1n) is 10.1. The molecule has 1 saturated carbocycles. The van der Waals surface area contributed by atoms with E-state index in [9.17, 15) is 0 Å². The molecule has 0 aromatic heterocycles. The fraction of sp³-hybridized carbons (Fsp3) is 0.650. The van der Waals surface area contributed by atoms with Gasteiger partial charge in [-0.3, -0.25) is 4.90 Å². The van der Waals surface area contributed by atoms with E-state index in [0.29, 0.717) is 36.6 Å². The zero-order valence-electron chi connectivity index (χ0n) is 16.4. The Bertz CT molecular complexity index is 699. The second-order valence-corrected chi connectivity index (χ2v) is 7.91. The minimum Gasteiger partial charge on any atom is -0.489 e. The molecule has 8 heteroatoms. The molecule has 0 radical (unpaired) electrons. The topological polar surface area (TPSA) is 58.1 Å². The van der Waals surface area contributed by atoms with Crippen molar-refractivity contribution in [1.82, 2.24) is 15.5 Å². The highest BCUT2D eigenvalue weighted by Crippen LogP contribution is 2.38. The minimum atomic E-state index is 0. The van der Waals surface area contributed by atoms with E-state index < -0.39 is 0 Å². The molecule has 1 atom stereocenters. The van der Waals surface area contributed by atoms with Crippen LogP contribution in [0.2, 0.25) is 5.02 Å². The SMILES string of the molecule is CCNC(=NCc1cc(Cl)c2c(c1)OCCCO2)NC1CCN(C2CC2)C1.I. The van der Waals surface area contributed by atoms with E-state index >= 15 is 0 Å². The lowest BCUT2D eigenvalue weighted by molar-refractivity contribution is 0.297. The van der Waals surface area contributed by atoms with E-state index in [-0.39, 0.29) is 24.0 Å². The van der Waals surface area contributed by atoms with E-state index in [1.165, 1.54) is 25.8 Å². The van der Waals surface area contributed by atoms with Crippen LogP contribution < -0.4 is 20.1 Å². The second-order valence-electron chi connectivity index (χ2n) is 7.51. The van der Waals surface area contributed by atoms with Gasteiger partial charge >= 0.3 is 0 Å². The molecule has 3 aliphatic rings. The van der Waals surface area contributed by atoms with Gasteiger partial charge in [-0.25, -0.2) is 4.99 Å². The van der Waals surface area contributed by atoms with Crippen LogP contribution in [-0.4, -0.2) is 55.8 Å². The van der Waals surface area contributed by atoms with Gasteiger partial charge in [0.15, 0.2) is 17.5 Å². The molecule has 1 unspecified atom stereocenters. The van der Waals surface area contributed by atoms with Crippen molar-refractivity contribution < 1.29 is 9.47 Å². The van der Waals surface area contributed by atoms with Gasteiger partial charge in [-0.05, 0) is 43.9 Å². The molecule has 28 heavy (non-hydrogen) atoms. The molecule has 1 aromatic rings. The Balaban J connectivity index is 0.00000225. The predicted octanol–water partition coefficient (Wildman–Crippen LogP) is 3.41. The highest BCUT2D eigenvalue weighted by molar-refractivity contribution is 14.0. The number of benzene rings is 1. The Hall–Kier alpha value is -0.930. The molecule has 0 bridgehead atoms. The summed E-state index contributed by atoms with van der Waals surface area (Å²) in [6.45, 7) is 7.08. The summed E-state index contributed by atoms with van der Waals surface area (Å²) in [4.78, 5) is 7.37. The number of aliphatic imine (C=N–C) groups is 1. The van der Waals surface area contributed by atoms with E-state index in [0.717, 1.165) is 42.8 Å². The van der Waals surface area contributed by atoms with Gasteiger partial charge in [-0.2, -0.15) is 0 Å². The first-order valence-corrected chi connectivity index (χ1v) is 10.5. The van der Waals surface area contributed by atoms with Gasteiger partial charge in [0.2, 0.25) is 0 Å². The number of likely N-dealkylation sites (tertiary alicyclic amines) is 1. The Morgan fingerprint density at radius 3 is 2.86 bits per heavy atom. The number of nitrogens with one attached hydrogen (secondary N) is 2. The Labute approximate surface area is 189 Å². The van der Waals surface area contributed by atoms with Crippen LogP contribution in [0.1, 0.15) is 38.2 Å². The Morgan fingerprint density at radius 1 is 1.25 bits per heavy atom.